The van der Waals surface area contributed by atoms with Gasteiger partial charge in [0.2, 0.25) is 5.89 Å². The van der Waals surface area contributed by atoms with Crippen LogP contribution in [0, 0.1) is 0 Å². The Morgan fingerprint density at radius 1 is 1.26 bits per heavy atom. The first-order valence-electron chi connectivity index (χ1n) is 10.3. The smallest absolute Gasteiger partial charge is 0.465 e. The maximum absolute atomic E-state index is 12.7. The molecule has 0 radical (unpaired) electrons. The number of fused-ring (bicyclic) bond motifs is 1. The summed E-state index contributed by atoms with van der Waals surface area (Å²) in [6, 6.07) is 3.78. The number of hydrogen-bond acceptors (Lipinski definition) is 7. The molecule has 1 aliphatic heterocycles. The van der Waals surface area contributed by atoms with E-state index in [-0.39, 0.29) is 24.8 Å². The van der Waals surface area contributed by atoms with Crippen molar-refractivity contribution in [2.45, 2.75) is 31.3 Å². The largest absolute Gasteiger partial charge is 0.522 e. The van der Waals surface area contributed by atoms with Gasteiger partial charge in [0.1, 0.15) is 12.6 Å². The zero-order valence-corrected chi connectivity index (χ0v) is 18.6. The first-order valence-corrected chi connectivity index (χ1v) is 10.7. The summed E-state index contributed by atoms with van der Waals surface area (Å²) in [5.41, 5.74) is 1.13. The lowest BCUT2D eigenvalue weighted by Crippen LogP contribution is -2.50. The first kappa shape index (κ1) is 24.6. The summed E-state index contributed by atoms with van der Waals surface area (Å²) in [6.07, 6.45) is -2.44. The van der Waals surface area contributed by atoms with Crippen molar-refractivity contribution in [2.75, 3.05) is 19.8 Å². The van der Waals surface area contributed by atoms with Crippen LogP contribution in [-0.2, 0) is 4.74 Å². The Bertz CT molecular complexity index is 1220. The normalized spacial score (nSPS) is 18.6. The van der Waals surface area contributed by atoms with Gasteiger partial charge in [-0.25, -0.2) is 4.79 Å². The van der Waals surface area contributed by atoms with Crippen molar-refractivity contribution in [1.29, 1.82) is 0 Å². The van der Waals surface area contributed by atoms with Crippen LogP contribution in [0.3, 0.4) is 0 Å². The maximum Gasteiger partial charge on any atom is 0.522 e. The molecule has 4 rings (SSSR count). The molecule has 0 saturated carbocycles. The lowest BCUT2D eigenvalue weighted by molar-refractivity contribution is -0.325. The fourth-order valence-corrected chi connectivity index (χ4v) is 3.90. The van der Waals surface area contributed by atoms with Crippen molar-refractivity contribution in [1.82, 2.24) is 24.8 Å². The van der Waals surface area contributed by atoms with Crippen LogP contribution in [0.15, 0.2) is 35.0 Å². The Kier molecular flexibility index (Phi) is 7.03. The number of carbonyl (C=O) groups excluding carboxylic acids is 1. The number of likely N-dealkylation sites (tertiary alicyclic amines) is 1. The molecule has 188 valence electrons. The van der Waals surface area contributed by atoms with Gasteiger partial charge in [-0.05, 0) is 31.0 Å². The van der Waals surface area contributed by atoms with Gasteiger partial charge >= 0.3 is 18.5 Å². The van der Waals surface area contributed by atoms with Gasteiger partial charge in [-0.15, -0.1) is 18.3 Å². The van der Waals surface area contributed by atoms with E-state index < -0.39 is 43.8 Å². The third kappa shape index (κ3) is 6.14. The minimum absolute atomic E-state index is 0.0388. The van der Waals surface area contributed by atoms with E-state index in [1.807, 2.05) is 0 Å². The molecular formula is C20H19ClF3N5O6. The van der Waals surface area contributed by atoms with E-state index in [0.29, 0.717) is 17.0 Å². The summed E-state index contributed by atoms with van der Waals surface area (Å²) in [5.74, 6) is -0.437. The lowest BCUT2D eigenvalue weighted by atomic mass is 9.98. The fraction of sp³-hybridized carbons (Fsp3) is 0.400. The Hall–Kier alpha value is -3.52. The number of nitrogens with zero attached hydrogens (tertiary/aromatic N) is 4. The van der Waals surface area contributed by atoms with Gasteiger partial charge in [0, 0.05) is 35.5 Å². The molecule has 35 heavy (non-hydrogen) atoms. The molecule has 1 fully saturated rings. The number of carbonyl (C=O) groups is 2. The van der Waals surface area contributed by atoms with E-state index in [0.717, 1.165) is 10.4 Å². The third-order valence-electron chi connectivity index (χ3n) is 5.27. The molecule has 0 unspecified atom stereocenters. The van der Waals surface area contributed by atoms with Crippen LogP contribution in [-0.4, -0.2) is 68.8 Å². The number of carboxylic acid groups (broad SMARTS) is 1. The summed E-state index contributed by atoms with van der Waals surface area (Å²) in [7, 11) is 0. The van der Waals surface area contributed by atoms with Gasteiger partial charge < -0.3 is 24.0 Å². The monoisotopic (exact) mass is 517 g/mol. The van der Waals surface area contributed by atoms with E-state index in [2.05, 4.69) is 20.3 Å². The molecular weight excluding hydrogens is 499 g/mol. The number of rotatable bonds is 7. The average molecular weight is 518 g/mol. The highest BCUT2D eigenvalue weighted by molar-refractivity contribution is 6.30. The SMILES string of the molecule is O=C(N[C@H]1CC[C@H](c2nnc(OCCOC(F)(F)F)o2)N(C(=O)O)C1)c1cc2cc(Cl)ccn2c1. The molecule has 0 bridgehead atoms. The molecule has 2 amide bonds. The average Bonchev–Trinajstić information content (AvgIpc) is 3.43. The Morgan fingerprint density at radius 2 is 2.06 bits per heavy atom. The molecule has 0 aliphatic carbocycles. The number of aromatic nitrogens is 3. The van der Waals surface area contributed by atoms with Crippen LogP contribution in [0.25, 0.3) is 5.52 Å². The van der Waals surface area contributed by atoms with Gasteiger partial charge in [-0.1, -0.05) is 16.7 Å². The minimum Gasteiger partial charge on any atom is -0.465 e. The van der Waals surface area contributed by atoms with E-state index in [1.165, 1.54) is 0 Å². The van der Waals surface area contributed by atoms with E-state index in [9.17, 15) is 27.9 Å². The molecule has 15 heteroatoms. The molecule has 3 aromatic heterocycles. The van der Waals surface area contributed by atoms with Crippen LogP contribution in [0.1, 0.15) is 35.1 Å². The molecule has 3 aromatic rings. The Morgan fingerprint density at radius 3 is 2.80 bits per heavy atom. The van der Waals surface area contributed by atoms with Crippen molar-refractivity contribution in [3.63, 3.8) is 0 Å². The second kappa shape index (κ2) is 10.00. The van der Waals surface area contributed by atoms with Gasteiger partial charge in [-0.3, -0.25) is 14.4 Å². The number of amides is 2. The third-order valence-corrected chi connectivity index (χ3v) is 5.50. The van der Waals surface area contributed by atoms with Crippen molar-refractivity contribution < 1.29 is 41.8 Å². The van der Waals surface area contributed by atoms with Crippen LogP contribution in [0.2, 0.25) is 5.02 Å². The number of pyridine rings is 1. The van der Waals surface area contributed by atoms with E-state index in [4.69, 9.17) is 20.8 Å². The second-order valence-corrected chi connectivity index (χ2v) is 8.09. The molecule has 11 nitrogen and oxygen atoms in total. The highest BCUT2D eigenvalue weighted by atomic mass is 35.5. The summed E-state index contributed by atoms with van der Waals surface area (Å²) >= 11 is 5.98. The molecule has 2 N–H and O–H groups in total. The van der Waals surface area contributed by atoms with E-state index >= 15 is 0 Å². The van der Waals surface area contributed by atoms with Crippen molar-refractivity contribution in [3.8, 4) is 6.08 Å². The van der Waals surface area contributed by atoms with Crippen molar-refractivity contribution in [3.05, 3.63) is 47.1 Å². The number of alkyl halides is 3. The number of piperidine rings is 1. The summed E-state index contributed by atoms with van der Waals surface area (Å²) in [6.45, 7) is -1.31. The zero-order valence-electron chi connectivity index (χ0n) is 17.9. The Balaban J connectivity index is 1.36. The van der Waals surface area contributed by atoms with Gasteiger partial charge in [0.05, 0.1) is 12.2 Å². The second-order valence-electron chi connectivity index (χ2n) is 7.65. The lowest BCUT2D eigenvalue weighted by Gasteiger charge is -2.36. The van der Waals surface area contributed by atoms with E-state index in [1.54, 1.807) is 35.0 Å². The molecule has 0 spiro atoms. The fourth-order valence-electron chi connectivity index (χ4n) is 3.73. The summed E-state index contributed by atoms with van der Waals surface area (Å²) < 4.78 is 51.5. The van der Waals surface area contributed by atoms with Crippen LogP contribution < -0.4 is 10.1 Å². The first-order chi connectivity index (χ1) is 16.6. The van der Waals surface area contributed by atoms with Crippen LogP contribution in [0.4, 0.5) is 18.0 Å². The predicted octanol–water partition coefficient (Wildman–Crippen LogP) is 3.50. The highest BCUT2D eigenvalue weighted by Gasteiger charge is 2.37. The molecule has 2 atom stereocenters. The van der Waals surface area contributed by atoms with Gasteiger partial charge in [0.25, 0.3) is 5.91 Å². The summed E-state index contributed by atoms with van der Waals surface area (Å²) in [5, 5.41) is 20.4. The number of hydrogen-bond donors (Lipinski definition) is 2. The zero-order chi connectivity index (χ0) is 25.2. The van der Waals surface area contributed by atoms with Gasteiger partial charge in [-0.2, -0.15) is 0 Å². The van der Waals surface area contributed by atoms with Crippen molar-refractivity contribution in [2.24, 2.45) is 0 Å². The Labute approximate surface area is 200 Å². The molecule has 1 saturated heterocycles. The number of nitrogens with one attached hydrogen (secondary N) is 1. The quantitative estimate of drug-likeness (QED) is 0.455. The topological polar surface area (TPSA) is 131 Å². The highest BCUT2D eigenvalue weighted by Crippen LogP contribution is 2.31. The standard InChI is InChI=1S/C20H19ClF3N5O6/c21-12-3-4-28-9-11(7-14(28)8-12)16(30)25-13-1-2-15(29(10-13)19(31)32)17-26-27-18(35-17)33-5-6-34-20(22,23)24/h3-4,7-9,13,15H,1-2,5-6,10H2,(H,25,30)(H,31,32)/t13-,15+/m0/s1. The molecule has 4 heterocycles. The van der Waals surface area contributed by atoms with Crippen LogP contribution >= 0.6 is 11.6 Å². The number of halogens is 4. The van der Waals surface area contributed by atoms with Gasteiger partial charge in [0.15, 0.2) is 0 Å². The van der Waals surface area contributed by atoms with Crippen molar-refractivity contribution >= 4 is 29.1 Å². The molecule has 0 aromatic carbocycles. The summed E-state index contributed by atoms with van der Waals surface area (Å²) in [4.78, 5) is 25.6. The predicted molar refractivity (Wildman–Crippen MR) is 112 cm³/mol. The maximum atomic E-state index is 12.7. The molecule has 1 aliphatic rings. The minimum atomic E-state index is -4.79. The van der Waals surface area contributed by atoms with Crippen LogP contribution in [0.5, 0.6) is 6.08 Å². The number of ether oxygens (including phenoxy) is 2.